The Morgan fingerprint density at radius 1 is 0.889 bits per heavy atom. The summed E-state index contributed by atoms with van der Waals surface area (Å²) >= 11 is 10.5. The Labute approximate surface area is 132 Å². The Bertz CT molecular complexity index is 567. The predicted molar refractivity (Wildman–Crippen MR) is 88.0 cm³/mol. The van der Waals surface area contributed by atoms with E-state index in [1.54, 1.807) is 0 Å². The van der Waals surface area contributed by atoms with Gasteiger partial charge in [0.05, 0.1) is 0 Å². The molecule has 0 radical (unpaired) electrons. The van der Waals surface area contributed by atoms with Crippen molar-refractivity contribution in [3.63, 3.8) is 0 Å². The van der Waals surface area contributed by atoms with Crippen LogP contribution in [0, 0.1) is 6.92 Å². The fourth-order valence-corrected chi connectivity index (χ4v) is 2.68. The Balaban J connectivity index is 2.11. The second-order valence-electron chi connectivity index (χ2n) is 4.09. The van der Waals surface area contributed by atoms with Gasteiger partial charge in [0.25, 0.3) is 0 Å². The number of rotatable bonds is 3. The van der Waals surface area contributed by atoms with Crippen molar-refractivity contribution in [1.82, 2.24) is 0 Å². The molecule has 2 aromatic rings. The average molecular weight is 434 g/mol. The molecule has 0 atom stereocenters. The van der Waals surface area contributed by atoms with Crippen molar-refractivity contribution in [2.45, 2.75) is 13.5 Å². The summed E-state index contributed by atoms with van der Waals surface area (Å²) in [6, 6.07) is 12.6. The van der Waals surface area contributed by atoms with E-state index in [9.17, 15) is 0 Å². The molecule has 0 aromatic heterocycles. The fourth-order valence-electron chi connectivity index (χ4n) is 1.62. The van der Waals surface area contributed by atoms with E-state index < -0.39 is 0 Å². The van der Waals surface area contributed by atoms with Gasteiger partial charge >= 0.3 is 0 Å². The number of nitrogens with one attached hydrogen (secondary N) is 1. The second-order valence-corrected chi connectivity index (χ2v) is 6.65. The molecule has 0 amide bonds. The molecule has 0 saturated carbocycles. The molecule has 1 N–H and O–H groups in total. The van der Waals surface area contributed by atoms with Crippen molar-refractivity contribution in [3.8, 4) is 0 Å². The van der Waals surface area contributed by atoms with Gasteiger partial charge in [0, 0.05) is 25.7 Å². The van der Waals surface area contributed by atoms with Crippen LogP contribution in [0.3, 0.4) is 0 Å². The van der Waals surface area contributed by atoms with Gasteiger partial charge in [0.1, 0.15) is 0 Å². The normalized spacial score (nSPS) is 10.4. The first-order chi connectivity index (χ1) is 8.56. The van der Waals surface area contributed by atoms with E-state index >= 15 is 0 Å². The zero-order valence-corrected chi connectivity index (χ0v) is 14.6. The molecule has 0 heterocycles. The van der Waals surface area contributed by atoms with E-state index in [0.29, 0.717) is 0 Å². The van der Waals surface area contributed by atoms with Crippen LogP contribution in [0.5, 0.6) is 0 Å². The number of hydrogen-bond acceptors (Lipinski definition) is 1. The van der Waals surface area contributed by atoms with Crippen LogP contribution in [-0.2, 0) is 6.54 Å². The Morgan fingerprint density at radius 3 is 2.33 bits per heavy atom. The molecule has 0 aliphatic rings. The van der Waals surface area contributed by atoms with Crippen LogP contribution < -0.4 is 5.32 Å². The van der Waals surface area contributed by atoms with E-state index in [1.807, 2.05) is 6.07 Å². The SMILES string of the molecule is Cc1ccc(Br)c(NCc2ccc(Br)c(Br)c2)c1. The molecular formula is C14H12Br3N. The van der Waals surface area contributed by atoms with Gasteiger partial charge in [-0.15, -0.1) is 0 Å². The van der Waals surface area contributed by atoms with Gasteiger partial charge < -0.3 is 5.32 Å². The van der Waals surface area contributed by atoms with Gasteiger partial charge in [0.15, 0.2) is 0 Å². The molecular weight excluding hydrogens is 422 g/mol. The van der Waals surface area contributed by atoms with Gasteiger partial charge in [-0.05, 0) is 90.1 Å². The molecule has 0 aliphatic carbocycles. The Morgan fingerprint density at radius 2 is 1.61 bits per heavy atom. The smallest absolute Gasteiger partial charge is 0.0489 e. The molecule has 1 nitrogen and oxygen atoms in total. The summed E-state index contributed by atoms with van der Waals surface area (Å²) in [5, 5.41) is 3.43. The lowest BCUT2D eigenvalue weighted by Gasteiger charge is -2.10. The van der Waals surface area contributed by atoms with E-state index in [4.69, 9.17) is 0 Å². The van der Waals surface area contributed by atoms with E-state index in [1.165, 1.54) is 11.1 Å². The highest BCUT2D eigenvalue weighted by molar-refractivity contribution is 9.13. The van der Waals surface area contributed by atoms with Crippen molar-refractivity contribution in [2.75, 3.05) is 5.32 Å². The zero-order chi connectivity index (χ0) is 13.1. The predicted octanol–water partition coefficient (Wildman–Crippen LogP) is 5.89. The molecule has 0 unspecified atom stereocenters. The first-order valence-electron chi connectivity index (χ1n) is 5.50. The van der Waals surface area contributed by atoms with Crippen molar-refractivity contribution >= 4 is 53.5 Å². The summed E-state index contributed by atoms with van der Waals surface area (Å²) in [7, 11) is 0. The molecule has 2 rings (SSSR count). The Kier molecular flexibility index (Phi) is 4.87. The highest BCUT2D eigenvalue weighted by Gasteiger charge is 2.02. The van der Waals surface area contributed by atoms with Crippen LogP contribution in [0.2, 0.25) is 0 Å². The summed E-state index contributed by atoms with van der Waals surface area (Å²) in [5.41, 5.74) is 3.60. The number of benzene rings is 2. The molecule has 18 heavy (non-hydrogen) atoms. The summed E-state index contributed by atoms with van der Waals surface area (Å²) < 4.78 is 3.23. The summed E-state index contributed by atoms with van der Waals surface area (Å²) in [6.45, 7) is 2.89. The standard InChI is InChI=1S/C14H12Br3N/c1-9-2-4-12(16)14(6-9)18-8-10-3-5-11(15)13(17)7-10/h2-7,18H,8H2,1H3. The molecule has 94 valence electrons. The van der Waals surface area contributed by atoms with Crippen LogP contribution in [0.25, 0.3) is 0 Å². The summed E-state index contributed by atoms with van der Waals surface area (Å²) in [4.78, 5) is 0. The molecule has 0 aliphatic heterocycles. The zero-order valence-electron chi connectivity index (χ0n) is 9.81. The number of hydrogen-bond donors (Lipinski definition) is 1. The third kappa shape index (κ3) is 3.59. The molecule has 4 heteroatoms. The van der Waals surface area contributed by atoms with E-state index in [2.05, 4.69) is 90.4 Å². The molecule has 2 aromatic carbocycles. The quantitative estimate of drug-likeness (QED) is 0.635. The van der Waals surface area contributed by atoms with Crippen LogP contribution in [0.1, 0.15) is 11.1 Å². The number of halogens is 3. The lowest BCUT2D eigenvalue weighted by molar-refractivity contribution is 1.14. The maximum absolute atomic E-state index is 3.55. The lowest BCUT2D eigenvalue weighted by Crippen LogP contribution is -2.00. The van der Waals surface area contributed by atoms with Crippen molar-refractivity contribution in [1.29, 1.82) is 0 Å². The highest BCUT2D eigenvalue weighted by Crippen LogP contribution is 2.26. The van der Waals surface area contributed by atoms with Crippen molar-refractivity contribution in [3.05, 3.63) is 60.9 Å². The summed E-state index contributed by atoms with van der Waals surface area (Å²) in [6.07, 6.45) is 0. The third-order valence-electron chi connectivity index (χ3n) is 2.59. The molecule has 0 fully saturated rings. The summed E-state index contributed by atoms with van der Waals surface area (Å²) in [5.74, 6) is 0. The second kappa shape index (κ2) is 6.22. The number of anilines is 1. The maximum Gasteiger partial charge on any atom is 0.0489 e. The fraction of sp³-hybridized carbons (Fsp3) is 0.143. The average Bonchev–Trinajstić information content (AvgIpc) is 2.34. The largest absolute Gasteiger partial charge is 0.380 e. The van der Waals surface area contributed by atoms with E-state index in [-0.39, 0.29) is 0 Å². The van der Waals surface area contributed by atoms with Crippen molar-refractivity contribution in [2.24, 2.45) is 0 Å². The lowest BCUT2D eigenvalue weighted by atomic mass is 10.2. The van der Waals surface area contributed by atoms with Gasteiger partial charge in [-0.25, -0.2) is 0 Å². The minimum absolute atomic E-state index is 0.800. The first kappa shape index (κ1) is 14.1. The maximum atomic E-state index is 3.55. The third-order valence-corrected chi connectivity index (χ3v) is 5.16. The van der Waals surface area contributed by atoms with Gasteiger partial charge in [-0.3, -0.25) is 0 Å². The molecule has 0 spiro atoms. The van der Waals surface area contributed by atoms with E-state index in [0.717, 1.165) is 25.7 Å². The van der Waals surface area contributed by atoms with Gasteiger partial charge in [0.2, 0.25) is 0 Å². The van der Waals surface area contributed by atoms with Gasteiger partial charge in [-0.2, -0.15) is 0 Å². The van der Waals surface area contributed by atoms with Crippen LogP contribution >= 0.6 is 47.8 Å². The first-order valence-corrected chi connectivity index (χ1v) is 7.88. The number of aryl methyl sites for hydroxylation is 1. The topological polar surface area (TPSA) is 12.0 Å². The van der Waals surface area contributed by atoms with Crippen LogP contribution in [-0.4, -0.2) is 0 Å². The van der Waals surface area contributed by atoms with Crippen LogP contribution in [0.4, 0.5) is 5.69 Å². The minimum Gasteiger partial charge on any atom is -0.380 e. The highest BCUT2D eigenvalue weighted by atomic mass is 79.9. The Hall–Kier alpha value is -0.320. The molecule has 0 bridgehead atoms. The molecule has 0 saturated heterocycles. The van der Waals surface area contributed by atoms with Crippen LogP contribution in [0.15, 0.2) is 49.8 Å². The monoisotopic (exact) mass is 431 g/mol. The van der Waals surface area contributed by atoms with Crippen molar-refractivity contribution < 1.29 is 0 Å². The minimum atomic E-state index is 0.800. The van der Waals surface area contributed by atoms with Gasteiger partial charge in [-0.1, -0.05) is 12.1 Å².